The molecule has 5 nitrogen and oxygen atoms in total. The summed E-state index contributed by atoms with van der Waals surface area (Å²) in [6, 6.07) is 11.6. The molecule has 1 N–H and O–H groups in total. The van der Waals surface area contributed by atoms with Gasteiger partial charge in [-0.15, -0.1) is 0 Å². The van der Waals surface area contributed by atoms with E-state index in [0.29, 0.717) is 18.0 Å². The molecule has 0 aliphatic rings. The molecule has 0 bridgehead atoms. The number of hydrogen-bond donors (Lipinski definition) is 1. The summed E-state index contributed by atoms with van der Waals surface area (Å²) in [4.78, 5) is 17.4. The maximum atomic E-state index is 12.0. The van der Waals surface area contributed by atoms with Crippen LogP contribution in [0.5, 0.6) is 5.75 Å². The molecule has 2 heterocycles. The summed E-state index contributed by atoms with van der Waals surface area (Å²) in [6.07, 6.45) is 2.72. The molecule has 0 saturated carbocycles. The molecule has 7 heteroatoms. The van der Waals surface area contributed by atoms with Crippen LogP contribution in [-0.4, -0.2) is 18.0 Å². The fourth-order valence-corrected chi connectivity index (χ4v) is 4.03. The lowest BCUT2D eigenvalue weighted by molar-refractivity contribution is -0.116. The average molecular weight is 374 g/mol. The molecule has 0 aliphatic heterocycles. The van der Waals surface area contributed by atoms with Gasteiger partial charge in [0, 0.05) is 17.7 Å². The van der Waals surface area contributed by atoms with Gasteiger partial charge in [-0.25, -0.2) is 4.98 Å². The van der Waals surface area contributed by atoms with Crippen molar-refractivity contribution in [3.8, 4) is 5.75 Å². The third-order valence-electron chi connectivity index (χ3n) is 3.40. The van der Waals surface area contributed by atoms with Crippen LogP contribution in [0.3, 0.4) is 0 Å². The zero-order chi connectivity index (χ0) is 17.6. The lowest BCUT2D eigenvalue weighted by Gasteiger charge is -2.01. The highest BCUT2D eigenvalue weighted by molar-refractivity contribution is 8.01. The van der Waals surface area contributed by atoms with Crippen LogP contribution >= 0.6 is 23.1 Å². The number of carbonyl (C=O) groups is 1. The summed E-state index contributed by atoms with van der Waals surface area (Å²) < 4.78 is 11.6. The Morgan fingerprint density at radius 2 is 2.08 bits per heavy atom. The predicted molar refractivity (Wildman–Crippen MR) is 99.6 cm³/mol. The number of furan rings is 1. The van der Waals surface area contributed by atoms with E-state index in [0.717, 1.165) is 26.4 Å². The van der Waals surface area contributed by atoms with Gasteiger partial charge in [0.2, 0.25) is 5.91 Å². The van der Waals surface area contributed by atoms with Crippen LogP contribution in [0.25, 0.3) is 0 Å². The van der Waals surface area contributed by atoms with Gasteiger partial charge in [0.15, 0.2) is 5.13 Å². The molecule has 0 fully saturated rings. The Balaban J connectivity index is 1.51. The summed E-state index contributed by atoms with van der Waals surface area (Å²) in [5.41, 5.74) is 0. The first-order valence-corrected chi connectivity index (χ1v) is 9.38. The Hall–Kier alpha value is -2.25. The quantitative estimate of drug-likeness (QED) is 0.645. The van der Waals surface area contributed by atoms with Crippen molar-refractivity contribution in [1.29, 1.82) is 0 Å². The molecule has 0 atom stereocenters. The Labute approximate surface area is 154 Å². The smallest absolute Gasteiger partial charge is 0.226 e. The van der Waals surface area contributed by atoms with Crippen molar-refractivity contribution in [1.82, 2.24) is 4.98 Å². The van der Waals surface area contributed by atoms with Crippen LogP contribution in [0.4, 0.5) is 5.13 Å². The topological polar surface area (TPSA) is 64.4 Å². The van der Waals surface area contributed by atoms with Crippen LogP contribution in [-0.2, 0) is 11.2 Å². The number of rotatable bonds is 7. The molecule has 0 saturated heterocycles. The molecule has 25 heavy (non-hydrogen) atoms. The first kappa shape index (κ1) is 17.6. The Morgan fingerprint density at radius 1 is 1.28 bits per heavy atom. The van der Waals surface area contributed by atoms with E-state index in [4.69, 9.17) is 9.15 Å². The number of benzene rings is 1. The van der Waals surface area contributed by atoms with Crippen molar-refractivity contribution in [3.63, 3.8) is 0 Å². The van der Waals surface area contributed by atoms with Crippen molar-refractivity contribution in [3.05, 3.63) is 54.1 Å². The van der Waals surface area contributed by atoms with Crippen molar-refractivity contribution in [2.75, 3.05) is 12.4 Å². The first-order chi connectivity index (χ1) is 12.1. The van der Waals surface area contributed by atoms with E-state index < -0.39 is 0 Å². The molecular weight excluding hydrogens is 356 g/mol. The van der Waals surface area contributed by atoms with Gasteiger partial charge in [-0.3, -0.25) is 4.79 Å². The minimum atomic E-state index is -0.0654. The lowest BCUT2D eigenvalue weighted by Crippen LogP contribution is -2.11. The molecule has 0 radical (unpaired) electrons. The molecule has 1 aromatic carbocycles. The summed E-state index contributed by atoms with van der Waals surface area (Å²) in [5, 5.41) is 3.44. The number of nitrogens with zero attached hydrogens (tertiary/aromatic N) is 1. The summed E-state index contributed by atoms with van der Waals surface area (Å²) in [7, 11) is 1.65. The second-order valence-corrected chi connectivity index (χ2v) is 7.73. The van der Waals surface area contributed by atoms with Gasteiger partial charge >= 0.3 is 0 Å². The van der Waals surface area contributed by atoms with Gasteiger partial charge in [0.05, 0.1) is 17.5 Å². The Morgan fingerprint density at radius 3 is 2.76 bits per heavy atom. The molecule has 0 spiro atoms. The van der Waals surface area contributed by atoms with Crippen LogP contribution in [0.15, 0.2) is 56.1 Å². The summed E-state index contributed by atoms with van der Waals surface area (Å²) in [6.45, 7) is 1.89. The maximum absolute atomic E-state index is 12.0. The van der Waals surface area contributed by atoms with Crippen molar-refractivity contribution in [2.24, 2.45) is 0 Å². The van der Waals surface area contributed by atoms with E-state index in [-0.39, 0.29) is 5.91 Å². The molecule has 3 rings (SSSR count). The number of hydrogen-bond acceptors (Lipinski definition) is 6. The van der Waals surface area contributed by atoms with Gasteiger partial charge in [-0.2, -0.15) is 0 Å². The fraction of sp³-hybridized carbons (Fsp3) is 0.222. The summed E-state index contributed by atoms with van der Waals surface area (Å²) in [5.74, 6) is 2.44. The maximum Gasteiger partial charge on any atom is 0.226 e. The molecular formula is C18H18N2O3S2. The number of anilines is 1. The highest BCUT2D eigenvalue weighted by Gasteiger charge is 2.09. The van der Waals surface area contributed by atoms with E-state index in [1.807, 2.05) is 43.3 Å². The summed E-state index contributed by atoms with van der Waals surface area (Å²) >= 11 is 3.06. The number of aryl methyl sites for hydroxylation is 2. The number of nitrogens with one attached hydrogen (secondary N) is 1. The standard InChI is InChI=1S/C18H18N2O3S2/c1-12-3-4-14(23-12)7-10-16(21)20-18-19-11-17(25-18)24-15-8-5-13(22-2)6-9-15/h3-6,8-9,11H,7,10H2,1-2H3,(H,19,20,21). The number of aromatic nitrogens is 1. The molecule has 0 aliphatic carbocycles. The monoisotopic (exact) mass is 374 g/mol. The highest BCUT2D eigenvalue weighted by Crippen LogP contribution is 2.34. The van der Waals surface area contributed by atoms with E-state index in [1.165, 1.54) is 11.3 Å². The molecule has 130 valence electrons. The van der Waals surface area contributed by atoms with Gasteiger partial charge < -0.3 is 14.5 Å². The Kier molecular flexibility index (Phi) is 5.78. The van der Waals surface area contributed by atoms with E-state index in [2.05, 4.69) is 10.3 Å². The van der Waals surface area contributed by atoms with Gasteiger partial charge in [0.25, 0.3) is 0 Å². The van der Waals surface area contributed by atoms with Crippen molar-refractivity contribution >= 4 is 34.1 Å². The van der Waals surface area contributed by atoms with Crippen LogP contribution in [0, 0.1) is 6.92 Å². The van der Waals surface area contributed by atoms with Gasteiger partial charge in [0.1, 0.15) is 17.3 Å². The SMILES string of the molecule is COc1ccc(Sc2cnc(NC(=O)CCc3ccc(C)o3)s2)cc1. The van der Waals surface area contributed by atoms with Gasteiger partial charge in [-0.05, 0) is 43.3 Å². The minimum Gasteiger partial charge on any atom is -0.497 e. The Bertz CT molecular complexity index is 840. The third kappa shape index (κ3) is 5.11. The zero-order valence-electron chi connectivity index (χ0n) is 13.9. The number of thiazole rings is 1. The van der Waals surface area contributed by atoms with E-state index in [9.17, 15) is 4.79 Å². The lowest BCUT2D eigenvalue weighted by atomic mass is 10.2. The second kappa shape index (κ2) is 8.22. The molecule has 0 unspecified atom stereocenters. The molecule has 1 amide bonds. The third-order valence-corrected chi connectivity index (χ3v) is 5.43. The predicted octanol–water partition coefficient (Wildman–Crippen LogP) is 4.78. The normalized spacial score (nSPS) is 10.6. The van der Waals surface area contributed by atoms with E-state index >= 15 is 0 Å². The number of carbonyl (C=O) groups excluding carboxylic acids is 1. The van der Waals surface area contributed by atoms with Crippen LogP contribution < -0.4 is 10.1 Å². The second-order valence-electron chi connectivity index (χ2n) is 5.32. The van der Waals surface area contributed by atoms with Crippen molar-refractivity contribution < 1.29 is 13.9 Å². The van der Waals surface area contributed by atoms with E-state index in [1.54, 1.807) is 25.1 Å². The van der Waals surface area contributed by atoms with Gasteiger partial charge in [-0.1, -0.05) is 23.1 Å². The number of ether oxygens (including phenoxy) is 1. The van der Waals surface area contributed by atoms with Crippen LogP contribution in [0.2, 0.25) is 0 Å². The van der Waals surface area contributed by atoms with Crippen LogP contribution in [0.1, 0.15) is 17.9 Å². The zero-order valence-corrected chi connectivity index (χ0v) is 15.6. The number of methoxy groups -OCH3 is 1. The first-order valence-electron chi connectivity index (χ1n) is 7.75. The largest absolute Gasteiger partial charge is 0.497 e. The molecule has 3 aromatic rings. The van der Waals surface area contributed by atoms with Crippen molar-refractivity contribution in [2.45, 2.75) is 28.9 Å². The molecule has 2 aromatic heterocycles. The average Bonchev–Trinajstić information content (AvgIpc) is 3.22. The minimum absolute atomic E-state index is 0.0654. The number of amides is 1. The highest BCUT2D eigenvalue weighted by atomic mass is 32.2. The fourth-order valence-electron chi connectivity index (χ4n) is 2.16.